The van der Waals surface area contributed by atoms with Crippen molar-refractivity contribution in [3.8, 4) is 0 Å². The van der Waals surface area contributed by atoms with Crippen LogP contribution in [0.25, 0.3) is 0 Å². The van der Waals surface area contributed by atoms with Crippen LogP contribution in [0.2, 0.25) is 0 Å². The summed E-state index contributed by atoms with van der Waals surface area (Å²) in [6.07, 6.45) is 2.99. The summed E-state index contributed by atoms with van der Waals surface area (Å²) in [5, 5.41) is 4.89. The quantitative estimate of drug-likeness (QED) is 0.691. The molecular weight excluding hydrogens is 178 g/mol. The number of pyridine rings is 1. The van der Waals surface area contributed by atoms with E-state index in [0.29, 0.717) is 5.69 Å². The first kappa shape index (κ1) is 8.95. The molecular formula is C6H9N3O2S. The van der Waals surface area contributed by atoms with E-state index < -0.39 is 10.2 Å². The van der Waals surface area contributed by atoms with Gasteiger partial charge in [-0.3, -0.25) is 9.29 Å². The number of hydrogen-bond acceptors (Lipinski definition) is 3. The van der Waals surface area contributed by atoms with Crippen LogP contribution in [0.15, 0.2) is 24.5 Å². The van der Waals surface area contributed by atoms with E-state index in [0.717, 1.165) is 4.31 Å². The van der Waals surface area contributed by atoms with E-state index in [1.54, 1.807) is 12.1 Å². The number of nitrogens with two attached hydrogens (primary N) is 1. The zero-order valence-corrected chi connectivity index (χ0v) is 7.32. The average Bonchev–Trinajstić information content (AvgIpc) is 2.03. The molecule has 1 aromatic rings. The van der Waals surface area contributed by atoms with E-state index in [-0.39, 0.29) is 0 Å². The molecule has 1 rings (SSSR count). The van der Waals surface area contributed by atoms with Crippen molar-refractivity contribution in [2.75, 3.05) is 11.4 Å². The molecule has 0 fully saturated rings. The molecule has 0 aliphatic rings. The summed E-state index contributed by atoms with van der Waals surface area (Å²) < 4.78 is 22.6. The Balaban J connectivity index is 3.02. The lowest BCUT2D eigenvalue weighted by Gasteiger charge is -2.14. The molecule has 0 amide bonds. The maximum atomic E-state index is 10.8. The molecule has 0 atom stereocenters. The second kappa shape index (κ2) is 3.08. The zero-order chi connectivity index (χ0) is 9.19. The SMILES string of the molecule is CN(c1ccncc1)S(N)(=O)=O. The fraction of sp³-hybridized carbons (Fsp3) is 0.167. The first-order chi connectivity index (χ1) is 5.52. The number of hydrogen-bond donors (Lipinski definition) is 1. The highest BCUT2D eigenvalue weighted by Gasteiger charge is 2.10. The van der Waals surface area contributed by atoms with Gasteiger partial charge in [0.25, 0.3) is 10.2 Å². The van der Waals surface area contributed by atoms with Crippen molar-refractivity contribution < 1.29 is 8.42 Å². The summed E-state index contributed by atoms with van der Waals surface area (Å²) in [5.41, 5.74) is 0.493. The number of nitrogens with zero attached hydrogens (tertiary/aromatic N) is 2. The lowest BCUT2D eigenvalue weighted by Crippen LogP contribution is -2.32. The highest BCUT2D eigenvalue weighted by Crippen LogP contribution is 2.10. The summed E-state index contributed by atoms with van der Waals surface area (Å²) in [4.78, 5) is 3.75. The van der Waals surface area contributed by atoms with Gasteiger partial charge in [-0.15, -0.1) is 0 Å². The van der Waals surface area contributed by atoms with Crippen LogP contribution < -0.4 is 9.44 Å². The molecule has 1 aromatic heterocycles. The van der Waals surface area contributed by atoms with Gasteiger partial charge in [-0.25, -0.2) is 5.14 Å². The molecule has 12 heavy (non-hydrogen) atoms. The van der Waals surface area contributed by atoms with Crippen molar-refractivity contribution in [2.45, 2.75) is 0 Å². The van der Waals surface area contributed by atoms with E-state index in [2.05, 4.69) is 4.98 Å². The van der Waals surface area contributed by atoms with Gasteiger partial charge in [0.1, 0.15) is 0 Å². The Hall–Kier alpha value is -1.14. The van der Waals surface area contributed by atoms with Crippen molar-refractivity contribution in [1.82, 2.24) is 4.98 Å². The van der Waals surface area contributed by atoms with Crippen molar-refractivity contribution in [2.24, 2.45) is 5.14 Å². The molecule has 2 N–H and O–H groups in total. The Bertz CT molecular complexity index is 348. The zero-order valence-electron chi connectivity index (χ0n) is 6.51. The maximum Gasteiger partial charge on any atom is 0.298 e. The first-order valence-electron chi connectivity index (χ1n) is 3.18. The maximum absolute atomic E-state index is 10.8. The monoisotopic (exact) mass is 187 g/mol. The molecule has 66 valence electrons. The highest BCUT2D eigenvalue weighted by molar-refractivity contribution is 7.90. The van der Waals surface area contributed by atoms with Crippen LogP contribution in [0.5, 0.6) is 0 Å². The summed E-state index contributed by atoms with van der Waals surface area (Å²) >= 11 is 0. The minimum absolute atomic E-state index is 0.493. The molecule has 0 radical (unpaired) electrons. The first-order valence-corrected chi connectivity index (χ1v) is 4.69. The van der Waals surface area contributed by atoms with Crippen molar-refractivity contribution in [3.63, 3.8) is 0 Å². The minimum atomic E-state index is -3.65. The minimum Gasteiger partial charge on any atom is -0.265 e. The summed E-state index contributed by atoms with van der Waals surface area (Å²) in [6.45, 7) is 0. The number of rotatable bonds is 2. The van der Waals surface area contributed by atoms with Crippen LogP contribution in [0.3, 0.4) is 0 Å². The molecule has 0 spiro atoms. The third-order valence-electron chi connectivity index (χ3n) is 1.41. The van der Waals surface area contributed by atoms with Gasteiger partial charge >= 0.3 is 0 Å². The van der Waals surface area contributed by atoms with Gasteiger partial charge in [0, 0.05) is 19.4 Å². The third kappa shape index (κ3) is 1.93. The largest absolute Gasteiger partial charge is 0.298 e. The summed E-state index contributed by atoms with van der Waals surface area (Å²) in [6, 6.07) is 3.12. The average molecular weight is 187 g/mol. The number of anilines is 1. The third-order valence-corrected chi connectivity index (χ3v) is 2.38. The van der Waals surface area contributed by atoms with Crippen molar-refractivity contribution >= 4 is 15.9 Å². The predicted molar refractivity (Wildman–Crippen MR) is 45.7 cm³/mol. The second-order valence-electron chi connectivity index (χ2n) is 2.22. The molecule has 5 nitrogen and oxygen atoms in total. The molecule has 0 aliphatic carbocycles. The van der Waals surface area contributed by atoms with Crippen LogP contribution in [-0.2, 0) is 10.2 Å². The lowest BCUT2D eigenvalue weighted by atomic mass is 10.4. The molecule has 0 bridgehead atoms. The Morgan fingerprint density at radius 3 is 2.33 bits per heavy atom. The van der Waals surface area contributed by atoms with Crippen molar-refractivity contribution in [3.05, 3.63) is 24.5 Å². The van der Waals surface area contributed by atoms with Gasteiger partial charge in [0.15, 0.2) is 0 Å². The number of aromatic nitrogens is 1. The smallest absolute Gasteiger partial charge is 0.265 e. The molecule has 0 aliphatic heterocycles. The Labute approximate surface area is 71.0 Å². The molecule has 0 unspecified atom stereocenters. The molecule has 0 saturated carbocycles. The highest BCUT2D eigenvalue weighted by atomic mass is 32.2. The van der Waals surface area contributed by atoms with Gasteiger partial charge in [-0.1, -0.05) is 0 Å². The van der Waals surface area contributed by atoms with Crippen LogP contribution in [0, 0.1) is 0 Å². The van der Waals surface area contributed by atoms with Crippen LogP contribution >= 0.6 is 0 Å². The van der Waals surface area contributed by atoms with Crippen LogP contribution in [0.1, 0.15) is 0 Å². The normalized spacial score (nSPS) is 11.2. The van der Waals surface area contributed by atoms with E-state index in [1.807, 2.05) is 0 Å². The predicted octanol–water partition coefficient (Wildman–Crippen LogP) is -0.279. The summed E-state index contributed by atoms with van der Waals surface area (Å²) in [5.74, 6) is 0. The molecule has 0 saturated heterocycles. The van der Waals surface area contributed by atoms with E-state index in [4.69, 9.17) is 5.14 Å². The Kier molecular flexibility index (Phi) is 2.30. The van der Waals surface area contributed by atoms with Gasteiger partial charge in [-0.05, 0) is 12.1 Å². The molecule has 0 aromatic carbocycles. The van der Waals surface area contributed by atoms with Gasteiger partial charge in [0.2, 0.25) is 0 Å². The van der Waals surface area contributed by atoms with Gasteiger partial charge in [0.05, 0.1) is 5.69 Å². The van der Waals surface area contributed by atoms with Gasteiger partial charge in [-0.2, -0.15) is 8.42 Å². The molecule has 1 heterocycles. The van der Waals surface area contributed by atoms with E-state index >= 15 is 0 Å². The van der Waals surface area contributed by atoms with Crippen LogP contribution in [-0.4, -0.2) is 20.4 Å². The fourth-order valence-electron chi connectivity index (χ4n) is 0.701. The Morgan fingerprint density at radius 1 is 1.42 bits per heavy atom. The fourth-order valence-corrected chi connectivity index (χ4v) is 1.12. The van der Waals surface area contributed by atoms with E-state index in [9.17, 15) is 8.42 Å². The standard InChI is InChI=1S/C6H9N3O2S/c1-9(12(7,10)11)6-2-4-8-5-3-6/h2-5H,1H3,(H2,7,10,11). The lowest BCUT2D eigenvalue weighted by molar-refractivity contribution is 0.596. The molecule has 6 heteroatoms. The van der Waals surface area contributed by atoms with Crippen LogP contribution in [0.4, 0.5) is 5.69 Å². The topological polar surface area (TPSA) is 76.3 Å². The Morgan fingerprint density at radius 2 is 1.92 bits per heavy atom. The van der Waals surface area contributed by atoms with Gasteiger partial charge < -0.3 is 0 Å². The second-order valence-corrected chi connectivity index (χ2v) is 3.80. The summed E-state index contributed by atoms with van der Waals surface area (Å²) in [7, 11) is -2.27. The van der Waals surface area contributed by atoms with Crippen molar-refractivity contribution in [1.29, 1.82) is 0 Å². The van der Waals surface area contributed by atoms with E-state index in [1.165, 1.54) is 19.4 Å².